The van der Waals surface area contributed by atoms with Crippen LogP contribution < -0.4 is 9.47 Å². The number of hydrogen-bond donors (Lipinski definition) is 2. The Morgan fingerprint density at radius 2 is 1.61 bits per heavy atom. The van der Waals surface area contributed by atoms with Crippen molar-refractivity contribution in [2.75, 3.05) is 20.7 Å². The largest absolute Gasteiger partial charge is 0.493 e. The molecule has 3 rings (SSSR count). The van der Waals surface area contributed by atoms with Crippen molar-refractivity contribution in [1.82, 2.24) is 4.90 Å². The number of benzene rings is 3. The first-order valence-electron chi connectivity index (χ1n) is 12.1. The standard InChI is InChI=1S/C29H30FNO7/c1-31(2)29(36)22-14-21(19-6-3-8-23(30)15-19)16-24(17-22)38-18-20-7-4-9-26(25(20)11-12-28(34)35)37-13-5-10-27(32)33/h3-4,6-9,14-17H,5,10-13,18H2,1-2H3,(H,32,33)(H,34,35). The summed E-state index contributed by atoms with van der Waals surface area (Å²) >= 11 is 0. The number of ether oxygens (including phenoxy) is 2. The predicted molar refractivity (Wildman–Crippen MR) is 139 cm³/mol. The Bertz CT molecular complexity index is 1310. The third-order valence-corrected chi connectivity index (χ3v) is 5.72. The maximum Gasteiger partial charge on any atom is 0.303 e. The molecule has 0 aromatic heterocycles. The number of halogens is 1. The van der Waals surface area contributed by atoms with Gasteiger partial charge in [0.25, 0.3) is 5.91 Å². The zero-order valence-electron chi connectivity index (χ0n) is 21.3. The van der Waals surface area contributed by atoms with E-state index in [4.69, 9.17) is 14.6 Å². The number of carbonyl (C=O) groups is 3. The summed E-state index contributed by atoms with van der Waals surface area (Å²) in [5, 5.41) is 18.1. The van der Waals surface area contributed by atoms with Crippen LogP contribution in [0.2, 0.25) is 0 Å². The lowest BCUT2D eigenvalue weighted by molar-refractivity contribution is -0.138. The van der Waals surface area contributed by atoms with Crippen LogP contribution >= 0.6 is 0 Å². The lowest BCUT2D eigenvalue weighted by Crippen LogP contribution is -2.21. The van der Waals surface area contributed by atoms with Gasteiger partial charge in [-0.05, 0) is 65.9 Å². The summed E-state index contributed by atoms with van der Waals surface area (Å²) in [5.74, 6) is -1.69. The molecule has 0 aliphatic heterocycles. The van der Waals surface area contributed by atoms with Gasteiger partial charge in [-0.1, -0.05) is 24.3 Å². The van der Waals surface area contributed by atoms with Crippen molar-refractivity contribution in [3.05, 3.63) is 83.2 Å². The minimum atomic E-state index is -0.966. The van der Waals surface area contributed by atoms with Gasteiger partial charge in [0.15, 0.2) is 0 Å². The summed E-state index contributed by atoms with van der Waals surface area (Å²) in [6, 6.07) is 16.3. The summed E-state index contributed by atoms with van der Waals surface area (Å²) in [6.07, 6.45) is 0.336. The van der Waals surface area contributed by atoms with Crippen molar-refractivity contribution >= 4 is 17.8 Å². The zero-order valence-corrected chi connectivity index (χ0v) is 21.3. The Balaban J connectivity index is 1.90. The summed E-state index contributed by atoms with van der Waals surface area (Å²) in [7, 11) is 3.27. The molecule has 1 amide bonds. The highest BCUT2D eigenvalue weighted by Gasteiger charge is 2.16. The van der Waals surface area contributed by atoms with Gasteiger partial charge >= 0.3 is 11.9 Å². The molecule has 0 aliphatic carbocycles. The fourth-order valence-electron chi connectivity index (χ4n) is 3.86. The van der Waals surface area contributed by atoms with Crippen LogP contribution in [0.3, 0.4) is 0 Å². The van der Waals surface area contributed by atoms with Crippen molar-refractivity contribution in [3.63, 3.8) is 0 Å². The molecule has 3 aromatic rings. The maximum atomic E-state index is 13.9. The summed E-state index contributed by atoms with van der Waals surface area (Å²) in [5.41, 5.74) is 2.90. The molecule has 0 bridgehead atoms. The Hall–Kier alpha value is -4.40. The first-order valence-corrected chi connectivity index (χ1v) is 12.1. The predicted octanol–water partition coefficient (Wildman–Crippen LogP) is 5.03. The second kappa shape index (κ2) is 13.2. The highest BCUT2D eigenvalue weighted by atomic mass is 19.1. The molecule has 0 atom stereocenters. The SMILES string of the molecule is CN(C)C(=O)c1cc(OCc2cccc(OCCCC(=O)O)c2CCC(=O)O)cc(-c2cccc(F)c2)c1. The lowest BCUT2D eigenvalue weighted by Gasteiger charge is -2.17. The minimum Gasteiger partial charge on any atom is -0.493 e. The Morgan fingerprint density at radius 3 is 2.29 bits per heavy atom. The molecule has 3 aromatic carbocycles. The van der Waals surface area contributed by atoms with Crippen molar-refractivity contribution < 1.29 is 38.5 Å². The first-order chi connectivity index (χ1) is 18.1. The van der Waals surface area contributed by atoms with Crippen LogP contribution in [0.4, 0.5) is 4.39 Å². The molecule has 0 saturated carbocycles. The van der Waals surface area contributed by atoms with Crippen molar-refractivity contribution in [1.29, 1.82) is 0 Å². The third kappa shape index (κ3) is 8.06. The van der Waals surface area contributed by atoms with Gasteiger partial charge in [-0.25, -0.2) is 4.39 Å². The second-order valence-electron chi connectivity index (χ2n) is 8.88. The van der Waals surface area contributed by atoms with E-state index in [1.807, 2.05) is 0 Å². The summed E-state index contributed by atoms with van der Waals surface area (Å²) in [4.78, 5) is 36.2. The van der Waals surface area contributed by atoms with E-state index in [0.29, 0.717) is 45.7 Å². The van der Waals surface area contributed by atoms with E-state index in [1.165, 1.54) is 17.0 Å². The average Bonchev–Trinajstić information content (AvgIpc) is 2.88. The van der Waals surface area contributed by atoms with Crippen LogP contribution in [-0.2, 0) is 22.6 Å². The normalized spacial score (nSPS) is 10.6. The Labute approximate surface area is 220 Å². The van der Waals surface area contributed by atoms with E-state index in [9.17, 15) is 23.9 Å². The number of carboxylic acids is 2. The van der Waals surface area contributed by atoms with Gasteiger partial charge in [-0.2, -0.15) is 0 Å². The van der Waals surface area contributed by atoms with Crippen LogP contribution in [0, 0.1) is 5.82 Å². The Kier molecular flexibility index (Phi) is 9.81. The third-order valence-electron chi connectivity index (χ3n) is 5.72. The van der Waals surface area contributed by atoms with Crippen molar-refractivity contribution in [3.8, 4) is 22.6 Å². The van der Waals surface area contributed by atoms with Gasteiger partial charge in [0.05, 0.1) is 6.61 Å². The number of carboxylic acid groups (broad SMARTS) is 2. The maximum absolute atomic E-state index is 13.9. The first kappa shape index (κ1) is 28.2. The smallest absolute Gasteiger partial charge is 0.303 e. The molecule has 2 N–H and O–H groups in total. The van der Waals surface area contributed by atoms with E-state index in [1.54, 1.807) is 62.6 Å². The van der Waals surface area contributed by atoms with E-state index in [2.05, 4.69) is 0 Å². The van der Waals surface area contributed by atoms with Crippen molar-refractivity contribution in [2.24, 2.45) is 0 Å². The van der Waals surface area contributed by atoms with E-state index in [0.717, 1.165) is 0 Å². The Morgan fingerprint density at radius 1 is 0.868 bits per heavy atom. The number of nitrogens with zero attached hydrogens (tertiary/aromatic N) is 1. The highest BCUT2D eigenvalue weighted by Crippen LogP contribution is 2.30. The van der Waals surface area contributed by atoms with Crippen LogP contribution in [0.1, 0.15) is 40.7 Å². The molecule has 8 nitrogen and oxygen atoms in total. The lowest BCUT2D eigenvalue weighted by atomic mass is 10.0. The fourth-order valence-corrected chi connectivity index (χ4v) is 3.86. The molecule has 0 radical (unpaired) electrons. The van der Waals surface area contributed by atoms with Crippen LogP contribution in [0.5, 0.6) is 11.5 Å². The molecule has 200 valence electrons. The molecule has 0 aliphatic rings. The number of hydrogen-bond acceptors (Lipinski definition) is 5. The monoisotopic (exact) mass is 523 g/mol. The average molecular weight is 524 g/mol. The zero-order chi connectivity index (χ0) is 27.7. The molecular formula is C29H30FNO7. The molecule has 0 spiro atoms. The van der Waals surface area contributed by atoms with Crippen LogP contribution in [0.25, 0.3) is 11.1 Å². The highest BCUT2D eigenvalue weighted by molar-refractivity contribution is 5.95. The molecule has 9 heteroatoms. The molecule has 0 fully saturated rings. The molecule has 0 saturated heterocycles. The molecular weight excluding hydrogens is 493 g/mol. The minimum absolute atomic E-state index is 0.0388. The molecule has 38 heavy (non-hydrogen) atoms. The van der Waals surface area contributed by atoms with Gasteiger partial charge in [-0.15, -0.1) is 0 Å². The second-order valence-corrected chi connectivity index (χ2v) is 8.88. The van der Waals surface area contributed by atoms with E-state index < -0.39 is 17.8 Å². The molecule has 0 heterocycles. The topological polar surface area (TPSA) is 113 Å². The number of amides is 1. The van der Waals surface area contributed by atoms with Gasteiger partial charge in [0, 0.05) is 38.1 Å². The van der Waals surface area contributed by atoms with E-state index >= 15 is 0 Å². The number of aliphatic carboxylic acids is 2. The van der Waals surface area contributed by atoms with Crippen molar-refractivity contribution in [2.45, 2.75) is 32.3 Å². The van der Waals surface area contributed by atoms with Gasteiger partial charge in [0.2, 0.25) is 0 Å². The summed E-state index contributed by atoms with van der Waals surface area (Å²) in [6.45, 7) is 0.228. The van der Waals surface area contributed by atoms with Gasteiger partial charge in [0.1, 0.15) is 23.9 Å². The quantitative estimate of drug-likeness (QED) is 0.302. The van der Waals surface area contributed by atoms with Gasteiger partial charge in [-0.3, -0.25) is 14.4 Å². The fraction of sp³-hybridized carbons (Fsp3) is 0.276. The van der Waals surface area contributed by atoms with E-state index in [-0.39, 0.29) is 38.4 Å². The van der Waals surface area contributed by atoms with Crippen LogP contribution in [0.15, 0.2) is 60.7 Å². The van der Waals surface area contributed by atoms with Gasteiger partial charge < -0.3 is 24.6 Å². The number of rotatable bonds is 13. The molecule has 0 unspecified atom stereocenters. The van der Waals surface area contributed by atoms with Crippen LogP contribution in [-0.4, -0.2) is 53.7 Å². The number of carbonyl (C=O) groups excluding carboxylic acids is 1. The summed E-state index contributed by atoms with van der Waals surface area (Å²) < 4.78 is 25.7.